The minimum absolute atomic E-state index is 0.0543. The number of amides is 2. The molecule has 6 nitrogen and oxygen atoms in total. The van der Waals surface area contributed by atoms with Crippen LogP contribution in [-0.4, -0.2) is 36.9 Å². The Kier molecular flexibility index (Phi) is 6.88. The number of nitrogens with zero attached hydrogens (tertiary/aromatic N) is 1. The Hall–Kier alpha value is -3.02. The van der Waals surface area contributed by atoms with Crippen LogP contribution >= 0.6 is 0 Å². The number of rotatable bonds is 6. The summed E-state index contributed by atoms with van der Waals surface area (Å²) in [5.41, 5.74) is 8.11. The normalized spacial score (nSPS) is 14.9. The number of benzene rings is 2. The van der Waals surface area contributed by atoms with Gasteiger partial charge in [0.15, 0.2) is 0 Å². The van der Waals surface area contributed by atoms with E-state index in [2.05, 4.69) is 32.9 Å². The summed E-state index contributed by atoms with van der Waals surface area (Å²) >= 11 is 0. The maximum absolute atomic E-state index is 13.0. The minimum Gasteiger partial charge on any atom is -0.496 e. The molecule has 2 aromatic carbocycles. The van der Waals surface area contributed by atoms with E-state index < -0.39 is 0 Å². The van der Waals surface area contributed by atoms with Crippen LogP contribution in [-0.2, 0) is 16.8 Å². The quantitative estimate of drug-likeness (QED) is 0.762. The molecule has 0 unspecified atom stereocenters. The van der Waals surface area contributed by atoms with Crippen molar-refractivity contribution in [2.75, 3.05) is 20.2 Å². The van der Waals surface area contributed by atoms with Gasteiger partial charge in [-0.05, 0) is 54.2 Å². The molecule has 2 amide bonds. The third kappa shape index (κ3) is 5.57. The molecule has 2 aromatic rings. The van der Waals surface area contributed by atoms with E-state index in [0.29, 0.717) is 43.9 Å². The van der Waals surface area contributed by atoms with Crippen molar-refractivity contribution < 1.29 is 19.1 Å². The van der Waals surface area contributed by atoms with Crippen LogP contribution in [0.1, 0.15) is 55.1 Å². The molecule has 0 spiro atoms. The van der Waals surface area contributed by atoms with E-state index in [9.17, 15) is 9.59 Å². The average Bonchev–Trinajstić information content (AvgIpc) is 2.76. The SMILES string of the molecule is COc1ccc(C(=O)N2CCC(C(N)=O)CC2)cc1COc1ccc(C(C)(C)C)cc1. The van der Waals surface area contributed by atoms with Crippen molar-refractivity contribution in [2.45, 2.75) is 45.6 Å². The zero-order valence-electron chi connectivity index (χ0n) is 18.8. The number of ether oxygens (including phenoxy) is 2. The third-order valence-electron chi connectivity index (χ3n) is 5.83. The molecule has 0 saturated carbocycles. The summed E-state index contributed by atoms with van der Waals surface area (Å²) in [5, 5.41) is 0. The molecule has 1 saturated heterocycles. The van der Waals surface area contributed by atoms with Crippen LogP contribution in [0.15, 0.2) is 42.5 Å². The van der Waals surface area contributed by atoms with Gasteiger partial charge in [-0.1, -0.05) is 32.9 Å². The molecule has 31 heavy (non-hydrogen) atoms. The van der Waals surface area contributed by atoms with Crippen LogP contribution < -0.4 is 15.2 Å². The molecule has 2 N–H and O–H groups in total. The largest absolute Gasteiger partial charge is 0.496 e. The standard InChI is InChI=1S/C25H32N2O4/c1-25(2,3)20-6-8-21(9-7-20)31-16-19-15-18(5-10-22(19)30-4)24(29)27-13-11-17(12-14-27)23(26)28/h5-10,15,17H,11-14,16H2,1-4H3,(H2,26,28). The maximum atomic E-state index is 13.0. The predicted octanol–water partition coefficient (Wildman–Crippen LogP) is 3.91. The lowest BCUT2D eigenvalue weighted by molar-refractivity contribution is -0.123. The van der Waals surface area contributed by atoms with Gasteiger partial charge in [-0.3, -0.25) is 9.59 Å². The highest BCUT2D eigenvalue weighted by atomic mass is 16.5. The molecule has 1 heterocycles. The van der Waals surface area contributed by atoms with Crippen LogP contribution in [0, 0.1) is 5.92 Å². The van der Waals surface area contributed by atoms with Crippen molar-refractivity contribution >= 4 is 11.8 Å². The van der Waals surface area contributed by atoms with Gasteiger partial charge in [-0.15, -0.1) is 0 Å². The predicted molar refractivity (Wildman–Crippen MR) is 120 cm³/mol. The van der Waals surface area contributed by atoms with Gasteiger partial charge >= 0.3 is 0 Å². The Morgan fingerprint density at radius 3 is 2.26 bits per heavy atom. The Labute approximate surface area is 184 Å². The number of hydrogen-bond donors (Lipinski definition) is 1. The average molecular weight is 425 g/mol. The molecular weight excluding hydrogens is 392 g/mol. The van der Waals surface area contributed by atoms with Gasteiger partial charge in [-0.25, -0.2) is 0 Å². The molecule has 0 radical (unpaired) electrons. The second-order valence-electron chi connectivity index (χ2n) is 9.06. The molecule has 1 aliphatic rings. The number of carbonyl (C=O) groups excluding carboxylic acids is 2. The van der Waals surface area contributed by atoms with Crippen molar-refractivity contribution in [1.29, 1.82) is 0 Å². The molecule has 0 atom stereocenters. The zero-order valence-corrected chi connectivity index (χ0v) is 18.8. The summed E-state index contributed by atoms with van der Waals surface area (Å²) in [6.45, 7) is 7.88. The van der Waals surface area contributed by atoms with Crippen molar-refractivity contribution in [1.82, 2.24) is 4.90 Å². The van der Waals surface area contributed by atoms with E-state index >= 15 is 0 Å². The number of methoxy groups -OCH3 is 1. The first-order chi connectivity index (χ1) is 14.7. The molecule has 0 aromatic heterocycles. The number of carbonyl (C=O) groups is 2. The van der Waals surface area contributed by atoms with E-state index in [1.165, 1.54) is 5.56 Å². The Bertz CT molecular complexity index is 924. The molecular formula is C25H32N2O4. The fourth-order valence-electron chi connectivity index (χ4n) is 3.79. The van der Waals surface area contributed by atoms with Gasteiger partial charge < -0.3 is 20.1 Å². The smallest absolute Gasteiger partial charge is 0.253 e. The van der Waals surface area contributed by atoms with Crippen molar-refractivity contribution in [3.8, 4) is 11.5 Å². The van der Waals surface area contributed by atoms with Crippen molar-refractivity contribution in [3.63, 3.8) is 0 Å². The van der Waals surface area contributed by atoms with E-state index in [-0.39, 0.29) is 23.1 Å². The zero-order chi connectivity index (χ0) is 22.6. The highest BCUT2D eigenvalue weighted by Crippen LogP contribution is 2.27. The Morgan fingerprint density at radius 1 is 1.06 bits per heavy atom. The van der Waals surface area contributed by atoms with Gasteiger partial charge in [0.2, 0.25) is 5.91 Å². The first kappa shape index (κ1) is 22.7. The molecule has 0 aliphatic carbocycles. The molecule has 6 heteroatoms. The van der Waals surface area contributed by atoms with Gasteiger partial charge in [-0.2, -0.15) is 0 Å². The van der Waals surface area contributed by atoms with E-state index in [1.807, 2.05) is 18.2 Å². The van der Waals surface area contributed by atoms with Crippen LogP contribution in [0.25, 0.3) is 0 Å². The first-order valence-corrected chi connectivity index (χ1v) is 10.7. The van der Waals surface area contributed by atoms with Crippen molar-refractivity contribution in [3.05, 3.63) is 59.2 Å². The number of piperidine rings is 1. The minimum atomic E-state index is -0.286. The molecule has 1 aliphatic heterocycles. The van der Waals surface area contributed by atoms with E-state index in [1.54, 1.807) is 24.1 Å². The lowest BCUT2D eigenvalue weighted by Crippen LogP contribution is -2.41. The second-order valence-corrected chi connectivity index (χ2v) is 9.06. The van der Waals surface area contributed by atoms with Crippen molar-refractivity contribution in [2.24, 2.45) is 11.7 Å². The Morgan fingerprint density at radius 2 is 1.71 bits per heavy atom. The summed E-state index contributed by atoms with van der Waals surface area (Å²) in [6, 6.07) is 13.5. The third-order valence-corrected chi connectivity index (χ3v) is 5.83. The Balaban J connectivity index is 1.69. The van der Waals surface area contributed by atoms with Crippen LogP contribution in [0.3, 0.4) is 0 Å². The number of likely N-dealkylation sites (tertiary alicyclic amines) is 1. The summed E-state index contributed by atoms with van der Waals surface area (Å²) in [6.07, 6.45) is 1.22. The van der Waals surface area contributed by atoms with Crippen LogP contribution in [0.2, 0.25) is 0 Å². The second kappa shape index (κ2) is 9.41. The van der Waals surface area contributed by atoms with Crippen LogP contribution in [0.5, 0.6) is 11.5 Å². The highest BCUT2D eigenvalue weighted by Gasteiger charge is 2.26. The number of hydrogen-bond acceptors (Lipinski definition) is 4. The molecule has 3 rings (SSSR count). The monoisotopic (exact) mass is 424 g/mol. The van der Waals surface area contributed by atoms with Gasteiger partial charge in [0.25, 0.3) is 5.91 Å². The number of nitrogens with two attached hydrogens (primary N) is 1. The maximum Gasteiger partial charge on any atom is 0.253 e. The van der Waals surface area contributed by atoms with Gasteiger partial charge in [0.1, 0.15) is 18.1 Å². The summed E-state index contributed by atoms with van der Waals surface area (Å²) in [7, 11) is 1.60. The summed E-state index contributed by atoms with van der Waals surface area (Å²) in [4.78, 5) is 26.1. The topological polar surface area (TPSA) is 81.9 Å². The summed E-state index contributed by atoms with van der Waals surface area (Å²) in [5.74, 6) is 0.956. The van der Waals surface area contributed by atoms with E-state index in [0.717, 1.165) is 11.3 Å². The van der Waals surface area contributed by atoms with Crippen LogP contribution in [0.4, 0.5) is 0 Å². The van der Waals surface area contributed by atoms with Gasteiger partial charge in [0.05, 0.1) is 7.11 Å². The molecule has 0 bridgehead atoms. The first-order valence-electron chi connectivity index (χ1n) is 10.7. The summed E-state index contributed by atoms with van der Waals surface area (Å²) < 4.78 is 11.4. The highest BCUT2D eigenvalue weighted by molar-refractivity contribution is 5.94. The number of primary amides is 1. The fraction of sp³-hybridized carbons (Fsp3) is 0.440. The lowest BCUT2D eigenvalue weighted by atomic mass is 9.87. The molecule has 1 fully saturated rings. The fourth-order valence-corrected chi connectivity index (χ4v) is 3.79. The lowest BCUT2D eigenvalue weighted by Gasteiger charge is -2.30. The van der Waals surface area contributed by atoms with Gasteiger partial charge in [0, 0.05) is 30.1 Å². The molecule has 166 valence electrons. The van der Waals surface area contributed by atoms with E-state index in [4.69, 9.17) is 15.2 Å².